The van der Waals surface area contributed by atoms with Crippen molar-refractivity contribution in [2.75, 3.05) is 13.7 Å². The maximum atomic E-state index is 11.5. The quantitative estimate of drug-likeness (QED) is 0.776. The predicted molar refractivity (Wildman–Crippen MR) is 60.4 cm³/mol. The second-order valence-electron chi connectivity index (χ2n) is 2.93. The molecule has 5 heteroatoms. The van der Waals surface area contributed by atoms with E-state index in [1.165, 1.54) is 11.3 Å². The van der Waals surface area contributed by atoms with Gasteiger partial charge in [-0.15, -0.1) is 24.0 Å². The van der Waals surface area contributed by atoms with Gasteiger partial charge >= 0.3 is 0 Å². The third-order valence-corrected chi connectivity index (χ3v) is 3.12. The maximum Gasteiger partial charge on any atom is 0.261 e. The number of carbonyl (C=O) groups is 1. The molecule has 14 heavy (non-hydrogen) atoms. The molecule has 0 fully saturated rings. The van der Waals surface area contributed by atoms with E-state index in [9.17, 15) is 4.79 Å². The van der Waals surface area contributed by atoms with Crippen molar-refractivity contribution in [3.63, 3.8) is 0 Å². The molecular weight excluding hydrogens is 218 g/mol. The van der Waals surface area contributed by atoms with Crippen molar-refractivity contribution in [1.29, 1.82) is 0 Å². The van der Waals surface area contributed by atoms with Crippen LogP contribution in [0.5, 0.6) is 0 Å². The Labute approximate surface area is 92.9 Å². The summed E-state index contributed by atoms with van der Waals surface area (Å²) >= 11 is 5.52. The lowest BCUT2D eigenvalue weighted by Crippen LogP contribution is -2.31. The number of nitrogens with one attached hydrogen (secondary N) is 1. The van der Waals surface area contributed by atoms with Crippen LogP contribution < -0.4 is 5.32 Å². The van der Waals surface area contributed by atoms with Gasteiger partial charge in [-0.05, 0) is 13.0 Å². The van der Waals surface area contributed by atoms with Crippen LogP contribution in [-0.2, 0) is 4.74 Å². The molecule has 0 spiro atoms. The number of carbonyl (C=O) groups excluding carboxylic acids is 1. The van der Waals surface area contributed by atoms with Gasteiger partial charge in [-0.1, -0.05) is 0 Å². The summed E-state index contributed by atoms with van der Waals surface area (Å²) in [7, 11) is 1.62. The Morgan fingerprint density at radius 2 is 2.50 bits per heavy atom. The molecule has 78 valence electrons. The molecule has 3 nitrogen and oxygen atoms in total. The molecule has 1 heterocycles. The van der Waals surface area contributed by atoms with Crippen LogP contribution in [0.2, 0.25) is 0 Å². The first kappa shape index (κ1) is 11.6. The molecule has 0 aromatic carbocycles. The lowest BCUT2D eigenvalue weighted by Gasteiger charge is -2.09. The molecule has 0 saturated carbocycles. The van der Waals surface area contributed by atoms with E-state index >= 15 is 0 Å². The number of ether oxygens (including phenoxy) is 1. The number of amides is 1. The van der Waals surface area contributed by atoms with Crippen LogP contribution in [0.25, 0.3) is 0 Å². The molecule has 0 saturated heterocycles. The molecule has 0 radical (unpaired) electrons. The van der Waals surface area contributed by atoms with Crippen molar-refractivity contribution in [2.45, 2.75) is 17.9 Å². The van der Waals surface area contributed by atoms with Crippen LogP contribution in [0.4, 0.5) is 0 Å². The van der Waals surface area contributed by atoms with Crippen LogP contribution >= 0.6 is 24.0 Å². The average molecular weight is 231 g/mol. The lowest BCUT2D eigenvalue weighted by molar-refractivity contribution is 0.0874. The minimum absolute atomic E-state index is 0.0365. The average Bonchev–Trinajstić information content (AvgIpc) is 2.60. The molecule has 1 rings (SSSR count). The van der Waals surface area contributed by atoms with Crippen LogP contribution in [-0.4, -0.2) is 25.7 Å². The van der Waals surface area contributed by atoms with Gasteiger partial charge in [-0.3, -0.25) is 4.79 Å². The highest BCUT2D eigenvalue weighted by Crippen LogP contribution is 2.17. The highest BCUT2D eigenvalue weighted by Gasteiger charge is 2.08. The number of methoxy groups -OCH3 is 1. The van der Waals surface area contributed by atoms with Crippen molar-refractivity contribution < 1.29 is 9.53 Å². The van der Waals surface area contributed by atoms with E-state index in [1.54, 1.807) is 13.2 Å². The number of thiophene rings is 1. The number of hydrogen-bond acceptors (Lipinski definition) is 4. The lowest BCUT2D eigenvalue weighted by atomic mass is 10.4. The molecule has 1 unspecified atom stereocenters. The molecular formula is C9H13NO2S2. The zero-order valence-electron chi connectivity index (χ0n) is 8.11. The van der Waals surface area contributed by atoms with E-state index in [0.29, 0.717) is 11.4 Å². The fourth-order valence-corrected chi connectivity index (χ4v) is 1.92. The molecule has 1 amide bonds. The monoisotopic (exact) mass is 231 g/mol. The summed E-state index contributed by atoms with van der Waals surface area (Å²) < 4.78 is 5.02. The van der Waals surface area contributed by atoms with Crippen LogP contribution in [0.15, 0.2) is 16.3 Å². The first-order valence-electron chi connectivity index (χ1n) is 4.22. The van der Waals surface area contributed by atoms with E-state index in [1.807, 2.05) is 12.3 Å². The smallest absolute Gasteiger partial charge is 0.261 e. The summed E-state index contributed by atoms with van der Waals surface area (Å²) in [6.45, 7) is 2.42. The first-order valence-corrected chi connectivity index (χ1v) is 5.54. The van der Waals surface area contributed by atoms with E-state index in [0.717, 1.165) is 4.90 Å². The molecule has 0 aliphatic rings. The van der Waals surface area contributed by atoms with Crippen LogP contribution in [0.1, 0.15) is 16.6 Å². The van der Waals surface area contributed by atoms with Gasteiger partial charge < -0.3 is 10.1 Å². The van der Waals surface area contributed by atoms with Gasteiger partial charge in [0.15, 0.2) is 0 Å². The number of hydrogen-bond donors (Lipinski definition) is 2. The Morgan fingerprint density at radius 3 is 3.00 bits per heavy atom. The van der Waals surface area contributed by atoms with Crippen LogP contribution in [0, 0.1) is 0 Å². The van der Waals surface area contributed by atoms with E-state index in [-0.39, 0.29) is 12.0 Å². The van der Waals surface area contributed by atoms with Gasteiger partial charge in [0.1, 0.15) is 0 Å². The van der Waals surface area contributed by atoms with E-state index in [4.69, 9.17) is 4.74 Å². The summed E-state index contributed by atoms with van der Waals surface area (Å²) in [6, 6.07) is 1.75. The highest BCUT2D eigenvalue weighted by atomic mass is 32.1. The van der Waals surface area contributed by atoms with Crippen molar-refractivity contribution in [3.8, 4) is 0 Å². The molecule has 0 aliphatic carbocycles. The predicted octanol–water partition coefficient (Wildman–Crippen LogP) is 1.80. The summed E-state index contributed by atoms with van der Waals surface area (Å²) in [5, 5.41) is 4.61. The SMILES string of the molecule is COC(C)CNC(=O)c1cc(S)cs1. The largest absolute Gasteiger partial charge is 0.380 e. The Morgan fingerprint density at radius 1 is 1.79 bits per heavy atom. The van der Waals surface area contributed by atoms with E-state index < -0.39 is 0 Å². The van der Waals surface area contributed by atoms with Gasteiger partial charge in [0.25, 0.3) is 5.91 Å². The topological polar surface area (TPSA) is 38.3 Å². The summed E-state index contributed by atoms with van der Waals surface area (Å²) in [5.74, 6) is -0.0702. The Kier molecular flexibility index (Phi) is 4.44. The standard InChI is InChI=1S/C9H13NO2S2/c1-6(12-2)4-10-9(11)8-3-7(13)5-14-8/h3,5-6,13H,4H2,1-2H3,(H,10,11). The van der Waals surface area contributed by atoms with E-state index in [2.05, 4.69) is 17.9 Å². The minimum Gasteiger partial charge on any atom is -0.380 e. The number of rotatable bonds is 4. The second kappa shape index (κ2) is 5.38. The summed E-state index contributed by atoms with van der Waals surface area (Å²) in [6.07, 6.45) is 0.0365. The molecule has 1 aromatic heterocycles. The van der Waals surface area contributed by atoms with Gasteiger partial charge in [-0.25, -0.2) is 0 Å². The van der Waals surface area contributed by atoms with Crippen LogP contribution in [0.3, 0.4) is 0 Å². The fourth-order valence-electron chi connectivity index (χ4n) is 0.852. The van der Waals surface area contributed by atoms with Gasteiger partial charge in [-0.2, -0.15) is 0 Å². The maximum absolute atomic E-state index is 11.5. The molecule has 1 aromatic rings. The second-order valence-corrected chi connectivity index (χ2v) is 4.35. The fraction of sp³-hybridized carbons (Fsp3) is 0.444. The van der Waals surface area contributed by atoms with Gasteiger partial charge in [0.2, 0.25) is 0 Å². The number of thiol groups is 1. The summed E-state index contributed by atoms with van der Waals surface area (Å²) in [5.41, 5.74) is 0. The van der Waals surface area contributed by atoms with Crippen molar-refractivity contribution in [1.82, 2.24) is 5.32 Å². The van der Waals surface area contributed by atoms with Gasteiger partial charge in [0, 0.05) is 23.9 Å². The Bertz CT molecular complexity index is 312. The molecule has 0 bridgehead atoms. The van der Waals surface area contributed by atoms with Crippen molar-refractivity contribution in [3.05, 3.63) is 16.3 Å². The third kappa shape index (κ3) is 3.32. The van der Waals surface area contributed by atoms with Crippen molar-refractivity contribution in [2.24, 2.45) is 0 Å². The molecule has 0 aliphatic heterocycles. The summed E-state index contributed by atoms with van der Waals surface area (Å²) in [4.78, 5) is 13.0. The first-order chi connectivity index (χ1) is 6.63. The van der Waals surface area contributed by atoms with Crippen molar-refractivity contribution >= 4 is 29.9 Å². The highest BCUT2D eigenvalue weighted by molar-refractivity contribution is 7.80. The Hall–Kier alpha value is -0.520. The van der Waals surface area contributed by atoms with Gasteiger partial charge in [0.05, 0.1) is 11.0 Å². The third-order valence-electron chi connectivity index (χ3n) is 1.76. The normalized spacial score (nSPS) is 12.5. The molecule has 1 atom stereocenters. The minimum atomic E-state index is -0.0702. The zero-order chi connectivity index (χ0) is 10.6. The Balaban J connectivity index is 2.43. The molecule has 1 N–H and O–H groups in total. The zero-order valence-corrected chi connectivity index (χ0v) is 9.82.